The van der Waals surface area contributed by atoms with Gasteiger partial charge in [-0.25, -0.2) is 4.79 Å². The zero-order valence-corrected chi connectivity index (χ0v) is 19.3. The highest BCUT2D eigenvalue weighted by Crippen LogP contribution is 2.66. The Bertz CT molecular complexity index is 706. The normalized spacial score (nSPS) is 31.3. The van der Waals surface area contributed by atoms with E-state index < -0.39 is 8.32 Å². The predicted molar refractivity (Wildman–Crippen MR) is 115 cm³/mol. The van der Waals surface area contributed by atoms with E-state index in [4.69, 9.17) is 9.16 Å². The first-order valence-corrected chi connectivity index (χ1v) is 13.4. The van der Waals surface area contributed by atoms with E-state index in [2.05, 4.69) is 45.9 Å². The van der Waals surface area contributed by atoms with Gasteiger partial charge >= 0.3 is 5.97 Å². The van der Waals surface area contributed by atoms with Gasteiger partial charge < -0.3 is 9.16 Å². The van der Waals surface area contributed by atoms with Gasteiger partial charge in [-0.2, -0.15) is 0 Å². The number of hydrogen-bond acceptors (Lipinski definition) is 3. The molecule has 2 unspecified atom stereocenters. The second-order valence-corrected chi connectivity index (χ2v) is 14.3. The molecule has 1 aliphatic carbocycles. The number of carbonyl (C=O) groups is 1. The molecule has 0 aromatic heterocycles. The van der Waals surface area contributed by atoms with Gasteiger partial charge in [-0.3, -0.25) is 0 Å². The zero-order valence-electron chi connectivity index (χ0n) is 18.3. The van der Waals surface area contributed by atoms with Crippen molar-refractivity contribution in [2.45, 2.75) is 84.7 Å². The highest BCUT2D eigenvalue weighted by molar-refractivity contribution is 6.71. The molecular weight excluding hydrogens is 352 g/mol. The predicted octanol–water partition coefficient (Wildman–Crippen LogP) is 6.11. The van der Waals surface area contributed by atoms with Gasteiger partial charge in [0.25, 0.3) is 0 Å². The molecule has 1 saturated heterocycles. The first-order valence-electron chi connectivity index (χ1n) is 9.96. The Kier molecular flexibility index (Phi) is 6.13. The number of allylic oxidation sites excluding steroid dienone is 6. The maximum Gasteiger partial charge on any atom is 0.317 e. The molecule has 0 aromatic carbocycles. The summed E-state index contributed by atoms with van der Waals surface area (Å²) in [7, 11) is -1.84. The van der Waals surface area contributed by atoms with E-state index in [0.29, 0.717) is 0 Å². The van der Waals surface area contributed by atoms with Crippen LogP contribution in [-0.4, -0.2) is 25.5 Å². The SMILES string of the molecule is CC(/C=C/C12OC1(C)CCCC2(C)C)=C\C=C\C(C)=C\C(=O)O[Si](C)(C)C. The summed E-state index contributed by atoms with van der Waals surface area (Å²) >= 11 is 0. The summed E-state index contributed by atoms with van der Waals surface area (Å²) in [6, 6.07) is 0. The second kappa shape index (κ2) is 7.55. The summed E-state index contributed by atoms with van der Waals surface area (Å²) in [5.74, 6) is -0.249. The van der Waals surface area contributed by atoms with Gasteiger partial charge in [0, 0.05) is 11.5 Å². The molecule has 2 rings (SSSR count). The zero-order chi connectivity index (χ0) is 20.5. The Morgan fingerprint density at radius 3 is 2.30 bits per heavy atom. The van der Waals surface area contributed by atoms with Crippen molar-refractivity contribution >= 4 is 14.3 Å². The van der Waals surface area contributed by atoms with E-state index in [1.165, 1.54) is 12.8 Å². The molecule has 1 saturated carbocycles. The third kappa shape index (κ3) is 5.11. The Balaban J connectivity index is 1.99. The molecule has 0 bridgehead atoms. The van der Waals surface area contributed by atoms with Crippen molar-refractivity contribution in [1.29, 1.82) is 0 Å². The number of ether oxygens (including phenoxy) is 1. The highest BCUT2D eigenvalue weighted by atomic mass is 28.4. The first kappa shape index (κ1) is 21.9. The maximum atomic E-state index is 11.8. The molecule has 150 valence electrons. The molecule has 27 heavy (non-hydrogen) atoms. The van der Waals surface area contributed by atoms with E-state index in [-0.39, 0.29) is 22.6 Å². The number of hydrogen-bond donors (Lipinski definition) is 0. The molecule has 4 heteroatoms. The fourth-order valence-corrected chi connectivity index (χ4v) is 4.79. The third-order valence-electron chi connectivity index (χ3n) is 5.64. The number of epoxide rings is 1. The van der Waals surface area contributed by atoms with Crippen LogP contribution in [0.1, 0.15) is 53.9 Å². The molecule has 0 radical (unpaired) electrons. The van der Waals surface area contributed by atoms with Gasteiger partial charge in [0.15, 0.2) is 0 Å². The Morgan fingerprint density at radius 1 is 1.04 bits per heavy atom. The second-order valence-electron chi connectivity index (χ2n) is 9.83. The van der Waals surface area contributed by atoms with Crippen molar-refractivity contribution < 1.29 is 14.0 Å². The van der Waals surface area contributed by atoms with E-state index in [0.717, 1.165) is 17.6 Å². The lowest BCUT2D eigenvalue weighted by molar-refractivity contribution is -0.129. The van der Waals surface area contributed by atoms with E-state index in [1.54, 1.807) is 6.08 Å². The van der Waals surface area contributed by atoms with Crippen LogP contribution in [0.15, 0.2) is 47.6 Å². The Morgan fingerprint density at radius 2 is 1.70 bits per heavy atom. The number of carbonyl (C=O) groups excluding carboxylic acids is 1. The fraction of sp³-hybridized carbons (Fsp3) is 0.609. The molecule has 1 aliphatic heterocycles. The minimum absolute atomic E-state index is 0.00255. The van der Waals surface area contributed by atoms with Gasteiger partial charge in [-0.05, 0) is 71.3 Å². The summed E-state index contributed by atoms with van der Waals surface area (Å²) in [4.78, 5) is 11.8. The monoisotopic (exact) mass is 388 g/mol. The molecule has 2 fully saturated rings. The van der Waals surface area contributed by atoms with Crippen LogP contribution in [0.3, 0.4) is 0 Å². The van der Waals surface area contributed by atoms with Crippen molar-refractivity contribution in [3.05, 3.63) is 47.6 Å². The minimum Gasteiger partial charge on any atom is -0.517 e. The summed E-state index contributed by atoms with van der Waals surface area (Å²) in [6.07, 6.45) is 15.5. The standard InChI is InChI=1S/C23H36O3Si/c1-18(11-9-12-19(2)17-20(24)25-27(6,7)8)13-16-23-21(3,4)14-10-15-22(23,5)26-23/h9,11-13,16-17H,10,14-15H2,1-8H3/b12-9+,16-13+,18-11+,19-17+. The van der Waals surface area contributed by atoms with Gasteiger partial charge in [0.2, 0.25) is 8.32 Å². The summed E-state index contributed by atoms with van der Waals surface area (Å²) in [6.45, 7) is 16.9. The van der Waals surface area contributed by atoms with Crippen LogP contribution in [-0.2, 0) is 14.0 Å². The third-order valence-corrected chi connectivity index (χ3v) is 6.46. The molecule has 1 heterocycles. The lowest BCUT2D eigenvalue weighted by atomic mass is 9.64. The molecule has 0 N–H and O–H groups in total. The van der Waals surface area contributed by atoms with E-state index in [9.17, 15) is 4.79 Å². The van der Waals surface area contributed by atoms with Crippen molar-refractivity contribution in [3.8, 4) is 0 Å². The van der Waals surface area contributed by atoms with Crippen LogP contribution < -0.4 is 0 Å². The largest absolute Gasteiger partial charge is 0.517 e. The van der Waals surface area contributed by atoms with Crippen molar-refractivity contribution in [2.24, 2.45) is 5.41 Å². The minimum atomic E-state index is -1.84. The number of rotatable bonds is 6. The van der Waals surface area contributed by atoms with Crippen LogP contribution in [0, 0.1) is 5.41 Å². The number of fused-ring (bicyclic) bond motifs is 1. The lowest BCUT2D eigenvalue weighted by Gasteiger charge is -2.36. The average Bonchev–Trinajstić information content (AvgIpc) is 3.11. The van der Waals surface area contributed by atoms with E-state index in [1.807, 2.05) is 38.7 Å². The Hall–Kier alpha value is -1.39. The van der Waals surface area contributed by atoms with Crippen LogP contribution in [0.4, 0.5) is 0 Å². The van der Waals surface area contributed by atoms with Gasteiger partial charge in [-0.1, -0.05) is 43.7 Å². The van der Waals surface area contributed by atoms with Crippen LogP contribution in [0.5, 0.6) is 0 Å². The summed E-state index contributed by atoms with van der Waals surface area (Å²) in [5.41, 5.74) is 2.09. The van der Waals surface area contributed by atoms with E-state index >= 15 is 0 Å². The molecule has 2 aliphatic rings. The maximum absolute atomic E-state index is 11.8. The highest BCUT2D eigenvalue weighted by Gasteiger charge is 2.73. The topological polar surface area (TPSA) is 38.8 Å². The van der Waals surface area contributed by atoms with Crippen molar-refractivity contribution in [1.82, 2.24) is 0 Å². The Labute approximate surface area is 166 Å². The van der Waals surface area contributed by atoms with Crippen molar-refractivity contribution in [2.75, 3.05) is 0 Å². The molecule has 0 aromatic rings. The smallest absolute Gasteiger partial charge is 0.317 e. The molecule has 0 amide bonds. The molecular formula is C23H36O3Si. The van der Waals surface area contributed by atoms with Crippen molar-refractivity contribution in [3.63, 3.8) is 0 Å². The van der Waals surface area contributed by atoms with Gasteiger partial charge in [0.05, 0.1) is 5.60 Å². The summed E-state index contributed by atoms with van der Waals surface area (Å²) in [5, 5.41) is 0. The van der Waals surface area contributed by atoms with Gasteiger partial charge in [0.1, 0.15) is 5.60 Å². The fourth-order valence-electron chi connectivity index (χ4n) is 4.13. The lowest BCUT2D eigenvalue weighted by Crippen LogP contribution is -2.41. The first-order chi connectivity index (χ1) is 12.3. The average molecular weight is 389 g/mol. The van der Waals surface area contributed by atoms with Crippen LogP contribution in [0.25, 0.3) is 0 Å². The quantitative estimate of drug-likeness (QED) is 0.238. The molecule has 2 atom stereocenters. The van der Waals surface area contributed by atoms with Crippen LogP contribution >= 0.6 is 0 Å². The molecule has 3 nitrogen and oxygen atoms in total. The molecule has 0 spiro atoms. The van der Waals surface area contributed by atoms with Gasteiger partial charge in [-0.15, -0.1) is 0 Å². The van der Waals surface area contributed by atoms with Crippen LogP contribution in [0.2, 0.25) is 19.6 Å². The summed E-state index contributed by atoms with van der Waals surface area (Å²) < 4.78 is 11.7.